The smallest absolute Gasteiger partial charge is 0.0932 e. The van der Waals surface area contributed by atoms with Gasteiger partial charge in [0.05, 0.1) is 17.4 Å². The van der Waals surface area contributed by atoms with E-state index in [-0.39, 0.29) is 0 Å². The second-order valence-electron chi connectivity index (χ2n) is 4.61. The lowest BCUT2D eigenvalue weighted by Crippen LogP contribution is -2.44. The summed E-state index contributed by atoms with van der Waals surface area (Å²) in [6.45, 7) is 6.67. The Kier molecular flexibility index (Phi) is 2.82. The van der Waals surface area contributed by atoms with Gasteiger partial charge in [-0.15, -0.1) is 0 Å². The Morgan fingerprint density at radius 3 is 2.94 bits per heavy atom. The fourth-order valence-corrected chi connectivity index (χ4v) is 2.59. The van der Waals surface area contributed by atoms with Crippen LogP contribution in [-0.2, 0) is 0 Å². The monoisotopic (exact) mass is 230 g/mol. The zero-order valence-electron chi connectivity index (χ0n) is 10.1. The number of hydrogen-bond acceptors (Lipinski definition) is 3. The van der Waals surface area contributed by atoms with Crippen molar-refractivity contribution in [2.45, 2.75) is 13.0 Å². The first-order valence-electron chi connectivity index (χ1n) is 6.23. The summed E-state index contributed by atoms with van der Waals surface area (Å²) >= 11 is 0. The zero-order valence-corrected chi connectivity index (χ0v) is 10.1. The lowest BCUT2D eigenvalue weighted by molar-refractivity contribution is 0.186. The van der Waals surface area contributed by atoms with Crippen molar-refractivity contribution >= 4 is 11.0 Å². The summed E-state index contributed by atoms with van der Waals surface area (Å²) in [6, 6.07) is 6.81. The Hall–Kier alpha value is -1.39. The SMILES string of the molecule is CC(c1cccc2[nH]cnc12)N1CCNCC1. The summed E-state index contributed by atoms with van der Waals surface area (Å²) in [5.41, 5.74) is 3.56. The summed E-state index contributed by atoms with van der Waals surface area (Å²) in [6.07, 6.45) is 1.78. The van der Waals surface area contributed by atoms with E-state index in [9.17, 15) is 0 Å². The molecule has 1 aliphatic rings. The van der Waals surface area contributed by atoms with Crippen LogP contribution in [0.15, 0.2) is 24.5 Å². The molecule has 2 aromatic rings. The number of benzene rings is 1. The molecule has 0 saturated carbocycles. The van der Waals surface area contributed by atoms with Crippen LogP contribution in [0.3, 0.4) is 0 Å². The van der Waals surface area contributed by atoms with Crippen molar-refractivity contribution in [2.24, 2.45) is 0 Å². The predicted octanol–water partition coefficient (Wildman–Crippen LogP) is 1.53. The summed E-state index contributed by atoms with van der Waals surface area (Å²) in [5.74, 6) is 0. The molecule has 1 aromatic carbocycles. The third kappa shape index (κ3) is 1.94. The number of para-hydroxylation sites is 1. The van der Waals surface area contributed by atoms with E-state index in [0.29, 0.717) is 6.04 Å². The van der Waals surface area contributed by atoms with E-state index in [0.717, 1.165) is 37.2 Å². The number of fused-ring (bicyclic) bond motifs is 1. The molecule has 1 atom stereocenters. The van der Waals surface area contributed by atoms with Gasteiger partial charge in [-0.1, -0.05) is 12.1 Å². The quantitative estimate of drug-likeness (QED) is 0.822. The Morgan fingerprint density at radius 2 is 2.12 bits per heavy atom. The van der Waals surface area contributed by atoms with Gasteiger partial charge in [-0.25, -0.2) is 4.98 Å². The van der Waals surface area contributed by atoms with E-state index in [2.05, 4.69) is 45.3 Å². The van der Waals surface area contributed by atoms with Gasteiger partial charge in [0, 0.05) is 32.2 Å². The first kappa shape index (κ1) is 10.7. The molecule has 0 radical (unpaired) electrons. The van der Waals surface area contributed by atoms with E-state index in [1.54, 1.807) is 6.33 Å². The highest BCUT2D eigenvalue weighted by Gasteiger charge is 2.20. The summed E-state index contributed by atoms with van der Waals surface area (Å²) in [4.78, 5) is 10.1. The van der Waals surface area contributed by atoms with E-state index in [1.807, 2.05) is 0 Å². The summed E-state index contributed by atoms with van der Waals surface area (Å²) in [5, 5.41) is 3.39. The molecular weight excluding hydrogens is 212 g/mol. The Balaban J connectivity index is 1.94. The molecule has 3 rings (SSSR count). The zero-order chi connectivity index (χ0) is 11.7. The van der Waals surface area contributed by atoms with Crippen LogP contribution in [-0.4, -0.2) is 41.0 Å². The molecule has 1 fully saturated rings. The Labute approximate surface area is 101 Å². The maximum absolute atomic E-state index is 4.44. The molecule has 0 aliphatic carbocycles. The van der Waals surface area contributed by atoms with Gasteiger partial charge in [0.15, 0.2) is 0 Å². The lowest BCUT2D eigenvalue weighted by Gasteiger charge is -2.33. The molecule has 2 heterocycles. The minimum Gasteiger partial charge on any atom is -0.345 e. The van der Waals surface area contributed by atoms with E-state index < -0.39 is 0 Å². The average molecular weight is 230 g/mol. The van der Waals surface area contributed by atoms with Crippen molar-refractivity contribution in [3.63, 3.8) is 0 Å². The van der Waals surface area contributed by atoms with Crippen molar-refractivity contribution in [1.82, 2.24) is 20.2 Å². The number of hydrogen-bond donors (Lipinski definition) is 2. The molecule has 0 spiro atoms. The van der Waals surface area contributed by atoms with Crippen molar-refractivity contribution in [3.8, 4) is 0 Å². The number of imidazole rings is 1. The highest BCUT2D eigenvalue weighted by molar-refractivity contribution is 5.78. The molecule has 1 saturated heterocycles. The minimum absolute atomic E-state index is 0.434. The van der Waals surface area contributed by atoms with Crippen LogP contribution in [0.1, 0.15) is 18.5 Å². The third-order valence-corrected chi connectivity index (χ3v) is 3.63. The van der Waals surface area contributed by atoms with Crippen LogP contribution >= 0.6 is 0 Å². The molecule has 1 aromatic heterocycles. The lowest BCUT2D eigenvalue weighted by atomic mass is 10.0. The first-order chi connectivity index (χ1) is 8.36. The van der Waals surface area contributed by atoms with Crippen LogP contribution in [0.2, 0.25) is 0 Å². The van der Waals surface area contributed by atoms with Gasteiger partial charge in [0.2, 0.25) is 0 Å². The molecule has 2 N–H and O–H groups in total. The number of rotatable bonds is 2. The molecule has 0 amide bonds. The largest absolute Gasteiger partial charge is 0.345 e. The van der Waals surface area contributed by atoms with Crippen molar-refractivity contribution in [1.29, 1.82) is 0 Å². The van der Waals surface area contributed by atoms with Crippen LogP contribution in [0.5, 0.6) is 0 Å². The Morgan fingerprint density at radius 1 is 1.29 bits per heavy atom. The fraction of sp³-hybridized carbons (Fsp3) is 0.462. The molecule has 90 valence electrons. The van der Waals surface area contributed by atoms with Crippen LogP contribution < -0.4 is 5.32 Å². The number of nitrogens with one attached hydrogen (secondary N) is 2. The molecule has 4 heteroatoms. The summed E-state index contributed by atoms with van der Waals surface area (Å²) < 4.78 is 0. The second kappa shape index (κ2) is 4.47. The third-order valence-electron chi connectivity index (χ3n) is 3.63. The number of aromatic nitrogens is 2. The standard InChI is InChI=1S/C13H18N4/c1-10(17-7-5-14-6-8-17)11-3-2-4-12-13(11)16-9-15-12/h2-4,9-10,14H,5-8H2,1H3,(H,15,16). The van der Waals surface area contributed by atoms with Gasteiger partial charge in [0.25, 0.3) is 0 Å². The number of piperazine rings is 1. The maximum atomic E-state index is 4.44. The van der Waals surface area contributed by atoms with Crippen molar-refractivity contribution < 1.29 is 0 Å². The van der Waals surface area contributed by atoms with Gasteiger partial charge in [-0.3, -0.25) is 4.90 Å². The number of nitrogens with zero attached hydrogens (tertiary/aromatic N) is 2. The average Bonchev–Trinajstić information content (AvgIpc) is 2.87. The highest BCUT2D eigenvalue weighted by Crippen LogP contribution is 2.26. The van der Waals surface area contributed by atoms with Gasteiger partial charge < -0.3 is 10.3 Å². The molecule has 4 nitrogen and oxygen atoms in total. The summed E-state index contributed by atoms with van der Waals surface area (Å²) in [7, 11) is 0. The topological polar surface area (TPSA) is 44.0 Å². The van der Waals surface area contributed by atoms with Crippen LogP contribution in [0.25, 0.3) is 11.0 Å². The van der Waals surface area contributed by atoms with Gasteiger partial charge in [-0.05, 0) is 18.6 Å². The van der Waals surface area contributed by atoms with E-state index >= 15 is 0 Å². The molecule has 0 bridgehead atoms. The molecule has 17 heavy (non-hydrogen) atoms. The number of aromatic amines is 1. The Bertz CT molecular complexity index is 499. The van der Waals surface area contributed by atoms with Crippen molar-refractivity contribution in [3.05, 3.63) is 30.1 Å². The second-order valence-corrected chi connectivity index (χ2v) is 4.61. The van der Waals surface area contributed by atoms with E-state index in [4.69, 9.17) is 0 Å². The number of H-pyrrole nitrogens is 1. The highest BCUT2D eigenvalue weighted by atomic mass is 15.2. The maximum Gasteiger partial charge on any atom is 0.0932 e. The molecule has 1 aliphatic heterocycles. The van der Waals surface area contributed by atoms with Gasteiger partial charge >= 0.3 is 0 Å². The predicted molar refractivity (Wildman–Crippen MR) is 69.0 cm³/mol. The normalized spacial score (nSPS) is 19.6. The van der Waals surface area contributed by atoms with Gasteiger partial charge in [0.1, 0.15) is 0 Å². The van der Waals surface area contributed by atoms with E-state index in [1.165, 1.54) is 5.56 Å². The molecule has 1 unspecified atom stereocenters. The van der Waals surface area contributed by atoms with Gasteiger partial charge in [-0.2, -0.15) is 0 Å². The fourth-order valence-electron chi connectivity index (χ4n) is 2.59. The minimum atomic E-state index is 0.434. The first-order valence-corrected chi connectivity index (χ1v) is 6.23. The van der Waals surface area contributed by atoms with Crippen LogP contribution in [0, 0.1) is 0 Å². The van der Waals surface area contributed by atoms with Crippen molar-refractivity contribution in [2.75, 3.05) is 26.2 Å². The molecular formula is C13H18N4. The van der Waals surface area contributed by atoms with Crippen LogP contribution in [0.4, 0.5) is 0 Å².